The number of rotatable bonds is 4. The Kier molecular flexibility index (Phi) is 5.69. The lowest BCUT2D eigenvalue weighted by Gasteiger charge is -2.60. The summed E-state index contributed by atoms with van der Waals surface area (Å²) in [5, 5.41) is 3.56. The van der Waals surface area contributed by atoms with Gasteiger partial charge in [0, 0.05) is 24.1 Å². The van der Waals surface area contributed by atoms with Crippen LogP contribution in [0.15, 0.2) is 5.29 Å². The van der Waals surface area contributed by atoms with Crippen LogP contribution < -0.4 is 0 Å². The van der Waals surface area contributed by atoms with Crippen LogP contribution in [-0.2, 0) is 9.53 Å². The van der Waals surface area contributed by atoms with Crippen LogP contribution in [0.3, 0.4) is 0 Å². The molecule has 29 heavy (non-hydrogen) atoms. The number of hydrogen-bond donors (Lipinski definition) is 0. The van der Waals surface area contributed by atoms with Gasteiger partial charge < -0.3 is 4.74 Å². The molecule has 0 N–H and O–H groups in total. The van der Waals surface area contributed by atoms with Crippen LogP contribution >= 0.6 is 11.6 Å². The minimum Gasteiger partial charge on any atom is -0.444 e. The van der Waals surface area contributed by atoms with Gasteiger partial charge >= 0.3 is 6.09 Å². The molecule has 4 aliphatic carbocycles. The zero-order valence-corrected chi connectivity index (χ0v) is 18.3. The van der Waals surface area contributed by atoms with Crippen molar-refractivity contribution in [1.29, 1.82) is 0 Å². The number of halogens is 1. The molecule has 4 saturated carbocycles. The summed E-state index contributed by atoms with van der Waals surface area (Å²) < 4.78 is 5.80. The van der Waals surface area contributed by atoms with Crippen molar-refractivity contribution in [1.82, 2.24) is 5.01 Å². The minimum absolute atomic E-state index is 0.0416. The molecule has 0 saturated heterocycles. The van der Waals surface area contributed by atoms with Crippen molar-refractivity contribution in [3.8, 4) is 0 Å². The van der Waals surface area contributed by atoms with Crippen molar-refractivity contribution >= 4 is 23.5 Å². The van der Waals surface area contributed by atoms with Crippen molar-refractivity contribution in [2.75, 3.05) is 12.4 Å². The van der Waals surface area contributed by atoms with Crippen molar-refractivity contribution in [2.45, 2.75) is 77.7 Å². The summed E-state index contributed by atoms with van der Waals surface area (Å²) in [6.45, 7) is 4.79. The molecular weight excluding hydrogens is 392 g/mol. The van der Waals surface area contributed by atoms with Crippen LogP contribution in [0, 0.1) is 39.4 Å². The van der Waals surface area contributed by atoms with E-state index in [9.17, 15) is 14.5 Å². The van der Waals surface area contributed by atoms with Gasteiger partial charge in [0.2, 0.25) is 0 Å². The number of nitrogens with zero attached hydrogens (tertiary/aromatic N) is 2. The monoisotopic (exact) mass is 424 g/mol. The Morgan fingerprint density at radius 3 is 2.62 bits per heavy atom. The van der Waals surface area contributed by atoms with E-state index in [0.29, 0.717) is 29.5 Å². The Bertz CT molecular complexity index is 688. The van der Waals surface area contributed by atoms with Crippen molar-refractivity contribution in [2.24, 2.45) is 39.8 Å². The molecule has 0 aromatic heterocycles. The van der Waals surface area contributed by atoms with E-state index in [1.54, 1.807) is 0 Å². The van der Waals surface area contributed by atoms with Gasteiger partial charge in [-0.15, -0.1) is 16.5 Å². The number of ether oxygens (including phenoxy) is 1. The van der Waals surface area contributed by atoms with Crippen molar-refractivity contribution < 1.29 is 14.3 Å². The third kappa shape index (κ3) is 3.39. The first-order valence-corrected chi connectivity index (χ1v) is 11.8. The van der Waals surface area contributed by atoms with Gasteiger partial charge in [0.15, 0.2) is 0 Å². The average molecular weight is 425 g/mol. The van der Waals surface area contributed by atoms with Crippen LogP contribution in [0.5, 0.6) is 0 Å². The maximum absolute atomic E-state index is 12.4. The summed E-state index contributed by atoms with van der Waals surface area (Å²) >= 11 is 5.66. The molecule has 0 bridgehead atoms. The van der Waals surface area contributed by atoms with Crippen molar-refractivity contribution in [3.05, 3.63) is 4.91 Å². The fraction of sp³-hybridized carbons (Fsp3) is 0.909. The number of nitroso groups, excluding NO2 is 1. The summed E-state index contributed by atoms with van der Waals surface area (Å²) in [7, 11) is 0. The normalized spacial score (nSPS) is 43.7. The number of fused-ring (bicyclic) bond motifs is 5. The lowest BCUT2D eigenvalue weighted by Crippen LogP contribution is -2.54. The average Bonchev–Trinajstić information content (AvgIpc) is 3.03. The molecule has 0 radical (unpaired) electrons. The summed E-state index contributed by atoms with van der Waals surface area (Å²) in [6, 6.07) is 0. The van der Waals surface area contributed by atoms with E-state index in [4.69, 9.17) is 16.3 Å². The molecule has 0 aromatic carbocycles. The topological polar surface area (TPSA) is 76.0 Å². The van der Waals surface area contributed by atoms with E-state index in [1.807, 2.05) is 0 Å². The van der Waals surface area contributed by atoms with E-state index < -0.39 is 6.09 Å². The van der Waals surface area contributed by atoms with Gasteiger partial charge in [-0.25, -0.2) is 4.79 Å². The van der Waals surface area contributed by atoms with E-state index in [0.717, 1.165) is 56.4 Å². The van der Waals surface area contributed by atoms with E-state index in [1.165, 1.54) is 6.42 Å². The van der Waals surface area contributed by atoms with E-state index in [2.05, 4.69) is 19.1 Å². The summed E-state index contributed by atoms with van der Waals surface area (Å²) in [4.78, 5) is 35.4. The zero-order valence-electron chi connectivity index (χ0n) is 17.6. The first-order valence-electron chi connectivity index (χ1n) is 11.2. The number of alkyl halides is 1. The fourth-order valence-electron chi connectivity index (χ4n) is 7.62. The Hall–Kier alpha value is -1.17. The third-order valence-electron chi connectivity index (χ3n) is 9.24. The molecule has 0 heterocycles. The third-order valence-corrected chi connectivity index (χ3v) is 9.41. The second kappa shape index (κ2) is 7.82. The van der Waals surface area contributed by atoms with Crippen LogP contribution in [0.2, 0.25) is 0 Å². The SMILES string of the molecule is C[C@]12CCC(=O)C[C@@H]1CC[C@@H]1[C@@H]2CC[C@]2(C)[C@H](OC(=O)N(CCCl)N=O)CC[C@@H]12. The summed E-state index contributed by atoms with van der Waals surface area (Å²) in [5.74, 6) is 3.01. The minimum atomic E-state index is -0.670. The molecule has 162 valence electrons. The first-order chi connectivity index (χ1) is 13.8. The predicted octanol–water partition coefficient (Wildman–Crippen LogP) is 5.33. The smallest absolute Gasteiger partial charge is 0.433 e. The van der Waals surface area contributed by atoms with Crippen molar-refractivity contribution in [3.63, 3.8) is 0 Å². The Labute approximate surface area is 178 Å². The molecule has 4 fully saturated rings. The highest BCUT2D eigenvalue weighted by Crippen LogP contribution is 2.66. The van der Waals surface area contributed by atoms with E-state index in [-0.39, 0.29) is 29.4 Å². The molecule has 7 heteroatoms. The molecule has 7 atom stereocenters. The van der Waals surface area contributed by atoms with Gasteiger partial charge in [-0.3, -0.25) is 4.79 Å². The Balaban J connectivity index is 1.49. The Morgan fingerprint density at radius 2 is 1.90 bits per heavy atom. The molecule has 1 amide bonds. The Morgan fingerprint density at radius 1 is 1.14 bits per heavy atom. The number of amides is 1. The number of Topliss-reactive ketones (excluding diaryl/α,β-unsaturated/α-hetero) is 1. The summed E-state index contributed by atoms with van der Waals surface area (Å²) in [5.41, 5.74) is 0.242. The molecule has 6 nitrogen and oxygen atoms in total. The molecular formula is C22H33ClN2O4. The zero-order chi connectivity index (χ0) is 20.8. The van der Waals surface area contributed by atoms with E-state index >= 15 is 0 Å². The molecule has 4 aliphatic rings. The lowest BCUT2D eigenvalue weighted by atomic mass is 9.45. The number of ketones is 1. The van der Waals surface area contributed by atoms with Gasteiger partial charge in [-0.2, -0.15) is 5.01 Å². The summed E-state index contributed by atoms with van der Waals surface area (Å²) in [6.07, 6.45) is 8.16. The van der Waals surface area contributed by atoms with Gasteiger partial charge in [0.05, 0.1) is 11.8 Å². The molecule has 0 unspecified atom stereocenters. The maximum Gasteiger partial charge on any atom is 0.433 e. The van der Waals surface area contributed by atoms with Gasteiger partial charge in [-0.1, -0.05) is 13.8 Å². The van der Waals surface area contributed by atoms with Gasteiger partial charge in [0.25, 0.3) is 0 Å². The largest absolute Gasteiger partial charge is 0.444 e. The van der Waals surface area contributed by atoms with Gasteiger partial charge in [-0.05, 0) is 74.0 Å². The molecule has 0 aromatic rings. The van der Waals surface area contributed by atoms with Crippen LogP contribution in [0.4, 0.5) is 4.79 Å². The van der Waals surface area contributed by atoms with Crippen LogP contribution in [-0.4, -0.2) is 35.4 Å². The standard InChI is InChI=1S/C22H33ClN2O4/c1-21-9-7-15(26)13-14(21)3-4-16-17-5-6-19(22(17,2)10-8-18(16)21)29-20(27)25(24-28)12-11-23/h14,16-19H,3-13H2,1-2H3/t14-,16-,17-,18-,19+,21-,22-/m0/s1. The number of carbonyl (C=O) groups is 2. The highest BCUT2D eigenvalue weighted by Gasteiger charge is 2.61. The second-order valence-electron chi connectivity index (χ2n) is 10.3. The van der Waals surface area contributed by atoms with Gasteiger partial charge in [0.1, 0.15) is 11.9 Å². The molecule has 0 aliphatic heterocycles. The fourth-order valence-corrected chi connectivity index (χ4v) is 7.78. The lowest BCUT2D eigenvalue weighted by molar-refractivity contribution is -0.142. The van der Waals surface area contributed by atoms with Crippen LogP contribution in [0.1, 0.15) is 71.6 Å². The maximum atomic E-state index is 12.4. The van der Waals surface area contributed by atoms with Crippen LogP contribution in [0.25, 0.3) is 0 Å². The highest BCUT2D eigenvalue weighted by molar-refractivity contribution is 6.18. The quantitative estimate of drug-likeness (QED) is 0.347. The molecule has 0 spiro atoms. The highest BCUT2D eigenvalue weighted by atomic mass is 35.5. The molecule has 4 rings (SSSR count). The predicted molar refractivity (Wildman–Crippen MR) is 110 cm³/mol. The second-order valence-corrected chi connectivity index (χ2v) is 10.7. The number of carbonyl (C=O) groups excluding carboxylic acids is 2. The first kappa shape index (κ1) is 21.1. The number of hydrogen-bond acceptors (Lipinski definition) is 5.